The molecule has 0 bridgehead atoms. The second-order valence-corrected chi connectivity index (χ2v) is 3.72. The lowest BCUT2D eigenvalue weighted by atomic mass is 10.0. The third-order valence-corrected chi connectivity index (χ3v) is 2.64. The topological polar surface area (TPSA) is 37.4 Å². The van der Waals surface area contributed by atoms with Crippen LogP contribution in [0.1, 0.15) is 33.1 Å². The van der Waals surface area contributed by atoms with Crippen LogP contribution in [-0.2, 0) is 9.59 Å². The Morgan fingerprint density at radius 1 is 1.46 bits per heavy atom. The van der Waals surface area contributed by atoms with Crippen LogP contribution in [0, 0.1) is 5.92 Å². The molecule has 1 aliphatic heterocycles. The van der Waals surface area contributed by atoms with Gasteiger partial charge in [0.25, 0.3) is 0 Å². The van der Waals surface area contributed by atoms with Crippen LogP contribution in [0.25, 0.3) is 0 Å². The molecular formula is C10H17NO2. The summed E-state index contributed by atoms with van der Waals surface area (Å²) >= 11 is 0. The van der Waals surface area contributed by atoms with E-state index in [-0.39, 0.29) is 5.91 Å². The smallest absolute Gasteiger partial charge is 0.219 e. The van der Waals surface area contributed by atoms with E-state index in [1.807, 2.05) is 11.8 Å². The van der Waals surface area contributed by atoms with Crippen molar-refractivity contribution in [1.82, 2.24) is 4.90 Å². The highest BCUT2D eigenvalue weighted by molar-refractivity contribution is 5.78. The summed E-state index contributed by atoms with van der Waals surface area (Å²) in [6.45, 7) is 5.09. The SMILES string of the molecule is CCC(=O)C[C@@H]1CCN(C(C)=O)C1. The summed E-state index contributed by atoms with van der Waals surface area (Å²) in [7, 11) is 0. The molecule has 74 valence electrons. The van der Waals surface area contributed by atoms with Crippen molar-refractivity contribution < 1.29 is 9.59 Å². The lowest BCUT2D eigenvalue weighted by molar-refractivity contribution is -0.128. The van der Waals surface area contributed by atoms with Crippen LogP contribution in [0.5, 0.6) is 0 Å². The van der Waals surface area contributed by atoms with Crippen molar-refractivity contribution in [1.29, 1.82) is 0 Å². The number of Topliss-reactive ketones (excluding diaryl/α,β-unsaturated/α-hetero) is 1. The zero-order valence-electron chi connectivity index (χ0n) is 8.38. The summed E-state index contributed by atoms with van der Waals surface area (Å²) < 4.78 is 0. The van der Waals surface area contributed by atoms with Crippen molar-refractivity contribution in [2.75, 3.05) is 13.1 Å². The normalized spacial score (nSPS) is 22.0. The van der Waals surface area contributed by atoms with Gasteiger partial charge in [0, 0.05) is 32.9 Å². The molecule has 1 amide bonds. The number of hydrogen-bond acceptors (Lipinski definition) is 2. The van der Waals surface area contributed by atoms with Gasteiger partial charge in [0.05, 0.1) is 0 Å². The molecule has 0 aromatic rings. The number of nitrogens with zero attached hydrogens (tertiary/aromatic N) is 1. The van der Waals surface area contributed by atoms with Crippen LogP contribution in [0.3, 0.4) is 0 Å². The molecule has 1 saturated heterocycles. The largest absolute Gasteiger partial charge is 0.343 e. The van der Waals surface area contributed by atoms with Crippen molar-refractivity contribution in [3.05, 3.63) is 0 Å². The molecular weight excluding hydrogens is 166 g/mol. The van der Waals surface area contributed by atoms with Gasteiger partial charge in [0.1, 0.15) is 5.78 Å². The average Bonchev–Trinajstić information content (AvgIpc) is 2.52. The van der Waals surface area contributed by atoms with E-state index in [9.17, 15) is 9.59 Å². The first-order chi connectivity index (χ1) is 6.13. The lowest BCUT2D eigenvalue weighted by Crippen LogP contribution is -2.26. The van der Waals surface area contributed by atoms with Crippen LogP contribution in [0.2, 0.25) is 0 Å². The fourth-order valence-corrected chi connectivity index (χ4v) is 1.75. The van der Waals surface area contributed by atoms with Gasteiger partial charge in [-0.2, -0.15) is 0 Å². The van der Waals surface area contributed by atoms with E-state index in [2.05, 4.69) is 0 Å². The van der Waals surface area contributed by atoms with Gasteiger partial charge in [0.15, 0.2) is 0 Å². The summed E-state index contributed by atoms with van der Waals surface area (Å²) in [6.07, 6.45) is 2.27. The number of rotatable bonds is 3. The van der Waals surface area contributed by atoms with Gasteiger partial charge in [-0.1, -0.05) is 6.92 Å². The monoisotopic (exact) mass is 183 g/mol. The van der Waals surface area contributed by atoms with Crippen LogP contribution in [-0.4, -0.2) is 29.7 Å². The molecule has 1 fully saturated rings. The van der Waals surface area contributed by atoms with E-state index in [1.54, 1.807) is 6.92 Å². The summed E-state index contributed by atoms with van der Waals surface area (Å²) in [5, 5.41) is 0. The highest BCUT2D eigenvalue weighted by Crippen LogP contribution is 2.20. The zero-order chi connectivity index (χ0) is 9.84. The van der Waals surface area contributed by atoms with Crippen molar-refractivity contribution >= 4 is 11.7 Å². The highest BCUT2D eigenvalue weighted by atomic mass is 16.2. The molecule has 13 heavy (non-hydrogen) atoms. The molecule has 0 aromatic heterocycles. The first-order valence-corrected chi connectivity index (χ1v) is 4.90. The van der Waals surface area contributed by atoms with E-state index >= 15 is 0 Å². The maximum Gasteiger partial charge on any atom is 0.219 e. The zero-order valence-corrected chi connectivity index (χ0v) is 8.38. The minimum atomic E-state index is 0.131. The van der Waals surface area contributed by atoms with E-state index < -0.39 is 0 Å². The molecule has 1 aliphatic rings. The number of likely N-dealkylation sites (tertiary alicyclic amines) is 1. The Morgan fingerprint density at radius 3 is 2.62 bits per heavy atom. The van der Waals surface area contributed by atoms with E-state index in [1.165, 1.54) is 0 Å². The maximum atomic E-state index is 11.1. The molecule has 1 atom stereocenters. The van der Waals surface area contributed by atoms with E-state index in [0.29, 0.717) is 24.5 Å². The van der Waals surface area contributed by atoms with Gasteiger partial charge in [-0.05, 0) is 12.3 Å². The van der Waals surface area contributed by atoms with E-state index in [0.717, 1.165) is 19.5 Å². The van der Waals surface area contributed by atoms with Crippen LogP contribution < -0.4 is 0 Å². The summed E-state index contributed by atoms with van der Waals surface area (Å²) in [5.41, 5.74) is 0. The second-order valence-electron chi connectivity index (χ2n) is 3.72. The van der Waals surface area contributed by atoms with Gasteiger partial charge >= 0.3 is 0 Å². The fraction of sp³-hybridized carbons (Fsp3) is 0.800. The summed E-state index contributed by atoms with van der Waals surface area (Å²) in [5.74, 6) is 0.859. The first-order valence-electron chi connectivity index (χ1n) is 4.90. The number of hydrogen-bond donors (Lipinski definition) is 0. The van der Waals surface area contributed by atoms with E-state index in [4.69, 9.17) is 0 Å². The van der Waals surface area contributed by atoms with Crippen molar-refractivity contribution in [2.45, 2.75) is 33.1 Å². The average molecular weight is 183 g/mol. The van der Waals surface area contributed by atoms with Crippen molar-refractivity contribution in [2.24, 2.45) is 5.92 Å². The minimum absolute atomic E-state index is 0.131. The Balaban J connectivity index is 2.33. The molecule has 0 aromatic carbocycles. The number of amides is 1. The first kappa shape index (κ1) is 10.2. The maximum absolute atomic E-state index is 11.1. The molecule has 3 nitrogen and oxygen atoms in total. The summed E-state index contributed by atoms with van der Waals surface area (Å²) in [6, 6.07) is 0. The van der Waals surface area contributed by atoms with Gasteiger partial charge in [-0.15, -0.1) is 0 Å². The number of carbonyl (C=O) groups is 2. The minimum Gasteiger partial charge on any atom is -0.343 e. The van der Waals surface area contributed by atoms with Gasteiger partial charge in [-0.25, -0.2) is 0 Å². The van der Waals surface area contributed by atoms with Crippen LogP contribution in [0.15, 0.2) is 0 Å². The molecule has 1 rings (SSSR count). The molecule has 0 N–H and O–H groups in total. The molecule has 0 spiro atoms. The Kier molecular flexibility index (Phi) is 3.46. The van der Waals surface area contributed by atoms with Gasteiger partial charge in [0.2, 0.25) is 5.91 Å². The van der Waals surface area contributed by atoms with Crippen molar-refractivity contribution in [3.63, 3.8) is 0 Å². The third kappa shape index (κ3) is 2.83. The molecule has 1 heterocycles. The predicted octanol–water partition coefficient (Wildman–Crippen LogP) is 1.22. The molecule has 0 aliphatic carbocycles. The Morgan fingerprint density at radius 2 is 2.15 bits per heavy atom. The second kappa shape index (κ2) is 4.40. The van der Waals surface area contributed by atoms with Crippen molar-refractivity contribution in [3.8, 4) is 0 Å². The fourth-order valence-electron chi connectivity index (χ4n) is 1.75. The molecule has 0 saturated carbocycles. The van der Waals surface area contributed by atoms with Gasteiger partial charge < -0.3 is 4.90 Å². The Labute approximate surface area is 79.1 Å². The predicted molar refractivity (Wildman–Crippen MR) is 50.3 cm³/mol. The standard InChI is InChI=1S/C10H17NO2/c1-3-10(13)6-9-4-5-11(7-9)8(2)12/h9H,3-7H2,1-2H3/t9-/m0/s1. The third-order valence-electron chi connectivity index (χ3n) is 2.64. The highest BCUT2D eigenvalue weighted by Gasteiger charge is 2.25. The number of carbonyl (C=O) groups excluding carboxylic acids is 2. The quantitative estimate of drug-likeness (QED) is 0.659. The number of ketones is 1. The van der Waals surface area contributed by atoms with Gasteiger partial charge in [-0.3, -0.25) is 9.59 Å². The Hall–Kier alpha value is -0.860. The summed E-state index contributed by atoms with van der Waals surface area (Å²) in [4.78, 5) is 24.0. The van der Waals surface area contributed by atoms with Crippen LogP contribution in [0.4, 0.5) is 0 Å². The van der Waals surface area contributed by atoms with Crippen LogP contribution >= 0.6 is 0 Å². The Bertz CT molecular complexity index is 213. The molecule has 0 unspecified atom stereocenters. The molecule has 0 radical (unpaired) electrons. The molecule has 3 heteroatoms. The lowest BCUT2D eigenvalue weighted by Gasteiger charge is -2.13.